The largest absolute Gasteiger partial charge is 0.323 e. The van der Waals surface area contributed by atoms with Gasteiger partial charge in [0.15, 0.2) is 0 Å². The molecule has 0 fully saturated rings. The first-order valence-electron chi connectivity index (χ1n) is 9.19. The molecule has 0 unspecified atom stereocenters. The van der Waals surface area contributed by atoms with Crippen LogP contribution in [0.5, 0.6) is 0 Å². The lowest BCUT2D eigenvalue weighted by Gasteiger charge is -2.18. The van der Waals surface area contributed by atoms with Crippen LogP contribution in [0.2, 0.25) is 5.02 Å². The fourth-order valence-electron chi connectivity index (χ4n) is 3.28. The van der Waals surface area contributed by atoms with Gasteiger partial charge in [0.25, 0.3) is 0 Å². The molecule has 146 valence electrons. The van der Waals surface area contributed by atoms with Gasteiger partial charge < -0.3 is 5.32 Å². The zero-order valence-corrected chi connectivity index (χ0v) is 16.7. The van der Waals surface area contributed by atoms with E-state index < -0.39 is 0 Å². The van der Waals surface area contributed by atoms with Gasteiger partial charge in [-0.1, -0.05) is 48.0 Å². The molecule has 1 heterocycles. The Morgan fingerprint density at radius 2 is 1.93 bits per heavy atom. The van der Waals surface area contributed by atoms with Crippen LogP contribution in [0.25, 0.3) is 16.5 Å². The molecule has 0 atom stereocenters. The zero-order chi connectivity index (χ0) is 20.2. The van der Waals surface area contributed by atoms with Crippen LogP contribution in [0.4, 0.5) is 5.69 Å². The molecule has 6 nitrogen and oxygen atoms in total. The average Bonchev–Trinajstić information content (AvgIpc) is 3.22. The smallest absolute Gasteiger partial charge is 0.238 e. The van der Waals surface area contributed by atoms with Crippen molar-refractivity contribution < 1.29 is 4.79 Å². The van der Waals surface area contributed by atoms with Crippen molar-refractivity contribution in [2.45, 2.75) is 6.54 Å². The summed E-state index contributed by atoms with van der Waals surface area (Å²) in [6, 6.07) is 19.9. The topological polar surface area (TPSA) is 63.1 Å². The Kier molecular flexibility index (Phi) is 5.55. The molecule has 4 rings (SSSR count). The van der Waals surface area contributed by atoms with Gasteiger partial charge in [-0.3, -0.25) is 9.69 Å². The highest BCUT2D eigenvalue weighted by Gasteiger charge is 2.12. The van der Waals surface area contributed by atoms with Gasteiger partial charge in [-0.25, -0.2) is 9.67 Å². The van der Waals surface area contributed by atoms with E-state index in [0.29, 0.717) is 22.9 Å². The Bertz CT molecular complexity index is 1140. The van der Waals surface area contributed by atoms with Crippen molar-refractivity contribution in [1.29, 1.82) is 0 Å². The number of likely N-dealkylation sites (N-methyl/N-ethyl adjacent to an activating group) is 1. The van der Waals surface area contributed by atoms with Gasteiger partial charge in [0.1, 0.15) is 12.7 Å². The number of benzene rings is 3. The summed E-state index contributed by atoms with van der Waals surface area (Å²) in [6.45, 7) is 0.917. The number of carbonyl (C=O) groups is 1. The predicted octanol–water partition coefficient (Wildman–Crippen LogP) is 4.14. The molecule has 0 bridgehead atoms. The number of halogens is 1. The summed E-state index contributed by atoms with van der Waals surface area (Å²) < 4.78 is 1.59. The third kappa shape index (κ3) is 4.62. The van der Waals surface area contributed by atoms with E-state index in [4.69, 9.17) is 11.6 Å². The highest BCUT2D eigenvalue weighted by Crippen LogP contribution is 2.24. The second-order valence-corrected chi connectivity index (χ2v) is 7.34. The third-order valence-electron chi connectivity index (χ3n) is 4.58. The molecule has 1 N–H and O–H groups in total. The van der Waals surface area contributed by atoms with E-state index in [2.05, 4.69) is 45.7 Å². The quantitative estimate of drug-likeness (QED) is 0.523. The van der Waals surface area contributed by atoms with Gasteiger partial charge in [-0.05, 0) is 47.6 Å². The molecule has 0 spiro atoms. The number of nitrogens with zero attached hydrogens (tertiary/aromatic N) is 4. The Labute approximate surface area is 173 Å². The van der Waals surface area contributed by atoms with Crippen LogP contribution >= 0.6 is 11.6 Å². The highest BCUT2D eigenvalue weighted by molar-refractivity contribution is 6.31. The summed E-state index contributed by atoms with van der Waals surface area (Å²) >= 11 is 6.12. The molecule has 0 aliphatic rings. The van der Waals surface area contributed by atoms with Gasteiger partial charge in [0.05, 0.1) is 17.9 Å². The van der Waals surface area contributed by atoms with Gasteiger partial charge in [0.2, 0.25) is 5.91 Å². The van der Waals surface area contributed by atoms with E-state index in [1.807, 2.05) is 24.1 Å². The Hall–Kier alpha value is -3.22. The lowest BCUT2D eigenvalue weighted by atomic mass is 10.1. The molecule has 3 aromatic carbocycles. The molecule has 0 saturated heterocycles. The molecule has 1 aromatic heterocycles. The molecule has 0 aliphatic carbocycles. The maximum atomic E-state index is 12.6. The summed E-state index contributed by atoms with van der Waals surface area (Å²) in [4.78, 5) is 18.5. The molecule has 0 radical (unpaired) electrons. The van der Waals surface area contributed by atoms with Crippen molar-refractivity contribution in [3.8, 4) is 5.69 Å². The fourth-order valence-corrected chi connectivity index (χ4v) is 3.45. The van der Waals surface area contributed by atoms with Gasteiger partial charge in [0, 0.05) is 11.6 Å². The zero-order valence-electron chi connectivity index (χ0n) is 15.9. The number of amides is 1. The van der Waals surface area contributed by atoms with Crippen LogP contribution in [0.3, 0.4) is 0 Å². The summed E-state index contributed by atoms with van der Waals surface area (Å²) in [5, 5.41) is 10.00. The summed E-state index contributed by atoms with van der Waals surface area (Å²) in [5.41, 5.74) is 2.45. The molecule has 0 aliphatic heterocycles. The molecular weight excluding hydrogens is 386 g/mol. The number of aromatic nitrogens is 3. The summed E-state index contributed by atoms with van der Waals surface area (Å²) in [5.74, 6) is -0.128. The van der Waals surface area contributed by atoms with Crippen LogP contribution in [-0.2, 0) is 11.3 Å². The first kappa shape index (κ1) is 19.1. The first-order chi connectivity index (χ1) is 14.1. The van der Waals surface area contributed by atoms with Crippen molar-refractivity contribution in [1.82, 2.24) is 19.7 Å². The number of carbonyl (C=O) groups excluding carboxylic acids is 1. The third-order valence-corrected chi connectivity index (χ3v) is 4.81. The van der Waals surface area contributed by atoms with Crippen LogP contribution in [0.15, 0.2) is 73.3 Å². The number of anilines is 1. The lowest BCUT2D eigenvalue weighted by molar-refractivity contribution is -0.117. The van der Waals surface area contributed by atoms with Crippen LogP contribution in [-0.4, -0.2) is 39.2 Å². The normalized spacial score (nSPS) is 11.1. The van der Waals surface area contributed by atoms with Crippen LogP contribution in [0, 0.1) is 0 Å². The lowest BCUT2D eigenvalue weighted by Crippen LogP contribution is -2.30. The number of hydrogen-bond acceptors (Lipinski definition) is 4. The molecule has 0 saturated carbocycles. The number of rotatable bonds is 6. The van der Waals surface area contributed by atoms with Crippen molar-refractivity contribution in [2.75, 3.05) is 18.9 Å². The molecule has 7 heteroatoms. The van der Waals surface area contributed by atoms with Gasteiger partial charge >= 0.3 is 0 Å². The monoisotopic (exact) mass is 405 g/mol. The molecule has 1 amide bonds. The predicted molar refractivity (Wildman–Crippen MR) is 115 cm³/mol. The van der Waals surface area contributed by atoms with E-state index in [0.717, 1.165) is 5.56 Å². The SMILES string of the molecule is CN(CC(=O)Nc1cc(Cl)ccc1-n1cncn1)Cc1ccc2ccccc2c1. The second kappa shape index (κ2) is 8.43. The minimum atomic E-state index is -0.128. The highest BCUT2D eigenvalue weighted by atomic mass is 35.5. The van der Waals surface area contributed by atoms with Gasteiger partial charge in [-0.15, -0.1) is 0 Å². The maximum absolute atomic E-state index is 12.6. The second-order valence-electron chi connectivity index (χ2n) is 6.90. The van der Waals surface area contributed by atoms with Crippen LogP contribution < -0.4 is 5.32 Å². The first-order valence-corrected chi connectivity index (χ1v) is 9.57. The molecule has 29 heavy (non-hydrogen) atoms. The van der Waals surface area contributed by atoms with Crippen molar-refractivity contribution in [3.63, 3.8) is 0 Å². The molecule has 4 aromatic rings. The minimum Gasteiger partial charge on any atom is -0.323 e. The van der Waals surface area contributed by atoms with Gasteiger partial charge in [-0.2, -0.15) is 5.10 Å². The Balaban J connectivity index is 1.43. The fraction of sp³-hybridized carbons (Fsp3) is 0.136. The summed E-state index contributed by atoms with van der Waals surface area (Å²) in [6.07, 6.45) is 3.02. The van der Waals surface area contributed by atoms with E-state index >= 15 is 0 Å². The van der Waals surface area contributed by atoms with Crippen LogP contribution in [0.1, 0.15) is 5.56 Å². The van der Waals surface area contributed by atoms with Crippen molar-refractivity contribution in [2.24, 2.45) is 0 Å². The number of hydrogen-bond donors (Lipinski definition) is 1. The number of fused-ring (bicyclic) bond motifs is 1. The van der Waals surface area contributed by atoms with E-state index in [-0.39, 0.29) is 12.5 Å². The maximum Gasteiger partial charge on any atom is 0.238 e. The van der Waals surface area contributed by atoms with Crippen molar-refractivity contribution in [3.05, 3.63) is 83.9 Å². The minimum absolute atomic E-state index is 0.128. The van der Waals surface area contributed by atoms with E-state index in [1.54, 1.807) is 29.2 Å². The summed E-state index contributed by atoms with van der Waals surface area (Å²) in [7, 11) is 1.92. The average molecular weight is 406 g/mol. The van der Waals surface area contributed by atoms with Crippen molar-refractivity contribution >= 4 is 34.0 Å². The Morgan fingerprint density at radius 1 is 1.10 bits per heavy atom. The standard InChI is InChI=1S/C22H20ClN5O/c1-27(12-16-6-7-17-4-2-3-5-18(17)10-16)13-22(29)26-20-11-19(23)8-9-21(20)28-15-24-14-25-28/h2-11,14-15H,12-13H2,1H3,(H,26,29). The molecular formula is C22H20ClN5O. The van der Waals surface area contributed by atoms with E-state index in [9.17, 15) is 4.79 Å². The number of nitrogens with one attached hydrogen (secondary N) is 1. The van der Waals surface area contributed by atoms with E-state index in [1.165, 1.54) is 17.1 Å². The Morgan fingerprint density at radius 3 is 2.72 bits per heavy atom.